The fourth-order valence-electron chi connectivity index (χ4n) is 9.27. The maximum atomic E-state index is 13.0. The zero-order valence-corrected chi connectivity index (χ0v) is 44.5. The summed E-state index contributed by atoms with van der Waals surface area (Å²) in [5, 5.41) is 72.2. The van der Waals surface area contributed by atoms with Crippen molar-refractivity contribution in [1.82, 2.24) is 0 Å². The highest BCUT2D eigenvalue weighted by atomic mass is 16.7. The zero-order chi connectivity index (χ0) is 51.7. The van der Waals surface area contributed by atoms with Crippen molar-refractivity contribution in [3.63, 3.8) is 0 Å². The largest absolute Gasteiger partial charge is 0.462 e. The summed E-state index contributed by atoms with van der Waals surface area (Å²) in [5.74, 6) is -0.915. The van der Waals surface area contributed by atoms with Crippen molar-refractivity contribution in [1.29, 1.82) is 0 Å². The summed E-state index contributed by atoms with van der Waals surface area (Å²) in [5.41, 5.74) is 0. The molecule has 0 radical (unpaired) electrons. The molecule has 0 aromatic carbocycles. The van der Waals surface area contributed by atoms with Crippen molar-refractivity contribution < 1.29 is 73.8 Å². The molecular formula is C56H104O15. The van der Waals surface area contributed by atoms with Crippen LogP contribution in [0.4, 0.5) is 0 Å². The van der Waals surface area contributed by atoms with Crippen LogP contribution in [0.2, 0.25) is 0 Å². The molecule has 11 unspecified atom stereocenters. The lowest BCUT2D eigenvalue weighted by molar-refractivity contribution is -0.332. The molecule has 15 heteroatoms. The summed E-state index contributed by atoms with van der Waals surface area (Å²) < 4.78 is 33.7. The first-order chi connectivity index (χ1) is 34.5. The summed E-state index contributed by atoms with van der Waals surface area (Å²) in [4.78, 5) is 25.9. The number of esters is 2. The van der Waals surface area contributed by atoms with Gasteiger partial charge in [0.1, 0.15) is 55.4 Å². The van der Waals surface area contributed by atoms with Gasteiger partial charge in [0.05, 0.1) is 19.8 Å². The predicted molar refractivity (Wildman–Crippen MR) is 275 cm³/mol. The van der Waals surface area contributed by atoms with Crippen LogP contribution in [0.15, 0.2) is 12.2 Å². The molecule has 2 aliphatic heterocycles. The van der Waals surface area contributed by atoms with E-state index in [1.807, 2.05) is 0 Å². The molecule has 2 aliphatic rings. The van der Waals surface area contributed by atoms with Crippen molar-refractivity contribution in [3.05, 3.63) is 12.2 Å². The van der Waals surface area contributed by atoms with Gasteiger partial charge in [0.25, 0.3) is 0 Å². The van der Waals surface area contributed by atoms with Crippen molar-refractivity contribution in [2.45, 2.75) is 306 Å². The molecule has 71 heavy (non-hydrogen) atoms. The Labute approximate surface area is 429 Å². The van der Waals surface area contributed by atoms with E-state index in [4.69, 9.17) is 28.4 Å². The molecule has 2 saturated heterocycles. The molecule has 2 heterocycles. The average molecular weight is 1020 g/mol. The minimum Gasteiger partial charge on any atom is -0.462 e. The highest BCUT2D eigenvalue weighted by molar-refractivity contribution is 5.70. The molecule has 2 fully saturated rings. The van der Waals surface area contributed by atoms with Crippen LogP contribution in [0.3, 0.4) is 0 Å². The van der Waals surface area contributed by atoms with Crippen LogP contribution in [-0.4, -0.2) is 142 Å². The number of aliphatic hydroxyl groups is 7. The maximum Gasteiger partial charge on any atom is 0.306 e. The Morgan fingerprint density at radius 3 is 1.24 bits per heavy atom. The Morgan fingerprint density at radius 1 is 0.437 bits per heavy atom. The second-order valence-electron chi connectivity index (χ2n) is 20.5. The lowest BCUT2D eigenvalue weighted by atomic mass is 9.98. The molecule has 0 aliphatic carbocycles. The average Bonchev–Trinajstić information content (AvgIpc) is 3.36. The number of rotatable bonds is 46. The van der Waals surface area contributed by atoms with Gasteiger partial charge in [0.2, 0.25) is 0 Å². The third-order valence-electron chi connectivity index (χ3n) is 14.0. The fraction of sp³-hybridized carbons (Fsp3) is 0.929. The number of allylic oxidation sites excluding steroid dienone is 2. The van der Waals surface area contributed by atoms with E-state index in [1.165, 1.54) is 148 Å². The van der Waals surface area contributed by atoms with E-state index in [9.17, 15) is 45.3 Å². The Bertz CT molecular complexity index is 1290. The monoisotopic (exact) mass is 1020 g/mol. The minimum absolute atomic E-state index is 0.165. The van der Waals surface area contributed by atoms with E-state index in [0.29, 0.717) is 12.8 Å². The molecule has 0 bridgehead atoms. The minimum atomic E-state index is -1.76. The molecule has 2 rings (SSSR count). The topological polar surface area (TPSA) is 231 Å². The van der Waals surface area contributed by atoms with Gasteiger partial charge in [-0.2, -0.15) is 0 Å². The first-order valence-corrected chi connectivity index (χ1v) is 28.8. The van der Waals surface area contributed by atoms with Gasteiger partial charge in [0.15, 0.2) is 18.7 Å². The number of hydrogen-bond donors (Lipinski definition) is 7. The second kappa shape index (κ2) is 43.5. The summed E-state index contributed by atoms with van der Waals surface area (Å²) in [6.07, 6.45) is 28.0. The number of carbonyl (C=O) groups excluding carboxylic acids is 2. The van der Waals surface area contributed by atoms with Crippen LogP contribution in [0.1, 0.15) is 239 Å². The van der Waals surface area contributed by atoms with E-state index in [-0.39, 0.29) is 26.1 Å². The standard InChI is InChI=1S/C56H104O15/c1-3-5-7-9-11-13-15-17-19-21-23-24-26-28-30-32-34-36-38-47(58)66-41-44(69-48(59)39-37-35-33-31-29-27-25-22-20-18-16-14-12-10-8-6-4-2)42-67-55-54(65)52(63)50(61)46(71-55)43-68-56-53(64)51(62)49(60)45(40-57)70-56/h18,20,44-46,49-57,60-65H,3-17,19,21-43H2,1-2H3/b20-18-. The van der Waals surface area contributed by atoms with Gasteiger partial charge in [-0.1, -0.05) is 199 Å². The van der Waals surface area contributed by atoms with E-state index in [2.05, 4.69) is 26.0 Å². The lowest BCUT2D eigenvalue weighted by Crippen LogP contribution is -2.61. The van der Waals surface area contributed by atoms with Crippen LogP contribution in [0, 0.1) is 0 Å². The van der Waals surface area contributed by atoms with Crippen LogP contribution in [0.5, 0.6) is 0 Å². The number of carbonyl (C=O) groups is 2. The predicted octanol–water partition coefficient (Wildman–Crippen LogP) is 9.33. The van der Waals surface area contributed by atoms with Gasteiger partial charge >= 0.3 is 11.9 Å². The molecule has 418 valence electrons. The molecule has 0 aromatic rings. The molecule has 15 nitrogen and oxygen atoms in total. The highest BCUT2D eigenvalue weighted by Gasteiger charge is 2.47. The molecule has 7 N–H and O–H groups in total. The van der Waals surface area contributed by atoms with Crippen molar-refractivity contribution in [2.24, 2.45) is 0 Å². The SMILES string of the molecule is CCCCCCCC/C=C\CCCCCCCCCC(=O)OC(COC(=O)CCCCCCCCCCCCCCCCCCCC)COC1OC(COC2OC(CO)C(O)C(O)C2O)C(O)C(O)C1O. The molecular weight excluding hydrogens is 913 g/mol. The van der Waals surface area contributed by atoms with Gasteiger partial charge in [0, 0.05) is 12.8 Å². The molecule has 0 saturated carbocycles. The third-order valence-corrected chi connectivity index (χ3v) is 14.0. The molecule has 0 aromatic heterocycles. The van der Waals surface area contributed by atoms with Crippen molar-refractivity contribution in [3.8, 4) is 0 Å². The van der Waals surface area contributed by atoms with Gasteiger partial charge in [-0.25, -0.2) is 0 Å². The van der Waals surface area contributed by atoms with Gasteiger partial charge in [-0.15, -0.1) is 0 Å². The van der Waals surface area contributed by atoms with Crippen LogP contribution in [-0.2, 0) is 38.0 Å². The first-order valence-electron chi connectivity index (χ1n) is 28.8. The maximum absolute atomic E-state index is 13.0. The fourth-order valence-corrected chi connectivity index (χ4v) is 9.27. The van der Waals surface area contributed by atoms with E-state index in [1.54, 1.807) is 0 Å². The van der Waals surface area contributed by atoms with Crippen molar-refractivity contribution in [2.75, 3.05) is 26.4 Å². The quantitative estimate of drug-likeness (QED) is 0.0171. The summed E-state index contributed by atoms with van der Waals surface area (Å²) in [6, 6.07) is 0. The van der Waals surface area contributed by atoms with Gasteiger partial charge in [-0.3, -0.25) is 9.59 Å². The Hall–Kier alpha value is -1.76. The summed E-state index contributed by atoms with van der Waals surface area (Å²) >= 11 is 0. The van der Waals surface area contributed by atoms with Gasteiger partial charge in [-0.05, 0) is 38.5 Å². The number of hydrogen-bond acceptors (Lipinski definition) is 15. The third kappa shape index (κ3) is 31.0. The Kier molecular flexibility index (Phi) is 40.0. The van der Waals surface area contributed by atoms with Crippen LogP contribution >= 0.6 is 0 Å². The van der Waals surface area contributed by atoms with Crippen molar-refractivity contribution >= 4 is 11.9 Å². The summed E-state index contributed by atoms with van der Waals surface area (Å²) in [7, 11) is 0. The van der Waals surface area contributed by atoms with E-state index >= 15 is 0 Å². The molecule has 0 spiro atoms. The number of unbranched alkanes of at least 4 members (excludes halogenated alkanes) is 30. The normalized spacial score (nSPS) is 25.2. The smallest absolute Gasteiger partial charge is 0.306 e. The molecule has 0 amide bonds. The summed E-state index contributed by atoms with van der Waals surface area (Å²) in [6.45, 7) is 2.63. The second-order valence-corrected chi connectivity index (χ2v) is 20.5. The van der Waals surface area contributed by atoms with E-state index < -0.39 is 92.7 Å². The Balaban J connectivity index is 1.76. The first kappa shape index (κ1) is 65.4. The van der Waals surface area contributed by atoms with E-state index in [0.717, 1.165) is 51.4 Å². The number of aliphatic hydroxyl groups excluding tert-OH is 7. The highest BCUT2D eigenvalue weighted by Crippen LogP contribution is 2.27. The van der Waals surface area contributed by atoms with Crippen LogP contribution < -0.4 is 0 Å². The van der Waals surface area contributed by atoms with Crippen LogP contribution in [0.25, 0.3) is 0 Å². The Morgan fingerprint density at radius 2 is 0.803 bits per heavy atom. The zero-order valence-electron chi connectivity index (χ0n) is 44.5. The van der Waals surface area contributed by atoms with Gasteiger partial charge < -0.3 is 64.2 Å². The number of ether oxygens (including phenoxy) is 6. The molecule has 11 atom stereocenters. The lowest BCUT2D eigenvalue weighted by Gasteiger charge is -2.42.